The normalized spacial score (nSPS) is 15.3. The number of hydrogen-bond donors (Lipinski definition) is 2. The number of hydrogen-bond acceptors (Lipinski definition) is 3. The van der Waals surface area contributed by atoms with Gasteiger partial charge in [-0.2, -0.15) is 0 Å². The third-order valence-electron chi connectivity index (χ3n) is 3.38. The summed E-state index contributed by atoms with van der Waals surface area (Å²) in [6.07, 6.45) is 3.86. The number of benzene rings is 1. The van der Waals surface area contributed by atoms with Crippen LogP contribution in [0.5, 0.6) is 0 Å². The molecule has 0 atom stereocenters. The number of nitrogens with two attached hydrogens (primary N) is 1. The smallest absolute Gasteiger partial charge is 0.224 e. The number of piperidine rings is 1. The van der Waals surface area contributed by atoms with E-state index in [1.165, 1.54) is 18.6 Å². The fourth-order valence-electron chi connectivity index (χ4n) is 2.30. The van der Waals surface area contributed by atoms with Gasteiger partial charge in [0.1, 0.15) is 5.82 Å². The standard InChI is InChI=1S/C14H20FN3O/c15-11-4-5-13(12(16)10-11)17-7-6-14(19)18-8-2-1-3-9-18/h4-5,10,17H,1-3,6-9,16H2. The van der Waals surface area contributed by atoms with Crippen LogP contribution >= 0.6 is 0 Å². The molecule has 1 heterocycles. The molecule has 19 heavy (non-hydrogen) atoms. The Morgan fingerprint density at radius 1 is 1.32 bits per heavy atom. The Kier molecular flexibility index (Phi) is 4.60. The van der Waals surface area contributed by atoms with E-state index in [0.29, 0.717) is 24.3 Å². The molecule has 1 aromatic rings. The van der Waals surface area contributed by atoms with Crippen molar-refractivity contribution < 1.29 is 9.18 Å². The Labute approximate surface area is 112 Å². The zero-order chi connectivity index (χ0) is 13.7. The van der Waals surface area contributed by atoms with Gasteiger partial charge in [0.15, 0.2) is 0 Å². The molecular formula is C14H20FN3O. The Morgan fingerprint density at radius 2 is 2.05 bits per heavy atom. The van der Waals surface area contributed by atoms with Gasteiger partial charge in [0.25, 0.3) is 0 Å². The fourth-order valence-corrected chi connectivity index (χ4v) is 2.30. The van der Waals surface area contributed by atoms with Crippen LogP contribution in [0.1, 0.15) is 25.7 Å². The minimum Gasteiger partial charge on any atom is -0.397 e. The summed E-state index contributed by atoms with van der Waals surface area (Å²) in [6, 6.07) is 4.22. The van der Waals surface area contributed by atoms with Gasteiger partial charge in [-0.05, 0) is 37.5 Å². The number of nitrogens with one attached hydrogen (secondary N) is 1. The minimum absolute atomic E-state index is 0.174. The van der Waals surface area contributed by atoms with Gasteiger partial charge in [-0.25, -0.2) is 4.39 Å². The highest BCUT2D eigenvalue weighted by molar-refractivity contribution is 5.77. The second-order valence-electron chi connectivity index (χ2n) is 4.85. The van der Waals surface area contributed by atoms with Crippen molar-refractivity contribution in [2.24, 2.45) is 0 Å². The molecular weight excluding hydrogens is 245 g/mol. The number of carbonyl (C=O) groups excluding carboxylic acids is 1. The van der Waals surface area contributed by atoms with Gasteiger partial charge >= 0.3 is 0 Å². The summed E-state index contributed by atoms with van der Waals surface area (Å²) in [4.78, 5) is 13.8. The first kappa shape index (κ1) is 13.6. The van der Waals surface area contributed by atoms with Crippen molar-refractivity contribution in [2.45, 2.75) is 25.7 Å². The summed E-state index contributed by atoms with van der Waals surface area (Å²) in [7, 11) is 0. The Bertz CT molecular complexity index is 444. The summed E-state index contributed by atoms with van der Waals surface area (Å²) in [5, 5.41) is 3.07. The lowest BCUT2D eigenvalue weighted by atomic mass is 10.1. The highest BCUT2D eigenvalue weighted by atomic mass is 19.1. The Hall–Kier alpha value is -1.78. The summed E-state index contributed by atoms with van der Waals surface area (Å²) in [5.41, 5.74) is 6.72. The van der Waals surface area contributed by atoms with Crippen LogP contribution in [0.4, 0.5) is 15.8 Å². The second-order valence-corrected chi connectivity index (χ2v) is 4.85. The van der Waals surface area contributed by atoms with Crippen LogP contribution in [0.15, 0.2) is 18.2 Å². The predicted octanol–water partition coefficient (Wildman–Crippen LogP) is 2.22. The van der Waals surface area contributed by atoms with E-state index >= 15 is 0 Å². The number of nitrogens with zero attached hydrogens (tertiary/aromatic N) is 1. The largest absolute Gasteiger partial charge is 0.397 e. The molecule has 1 saturated heterocycles. The molecule has 1 aliphatic rings. The molecule has 0 bridgehead atoms. The number of halogens is 1. The first-order valence-electron chi connectivity index (χ1n) is 6.73. The van der Waals surface area contributed by atoms with Crippen LogP contribution in [0, 0.1) is 5.82 Å². The monoisotopic (exact) mass is 265 g/mol. The molecule has 1 fully saturated rings. The average molecular weight is 265 g/mol. The molecule has 0 saturated carbocycles. The quantitative estimate of drug-likeness (QED) is 0.821. The molecule has 0 radical (unpaired) electrons. The SMILES string of the molecule is Nc1cc(F)ccc1NCCC(=O)N1CCCCC1. The van der Waals surface area contributed by atoms with E-state index in [1.807, 2.05) is 4.90 Å². The average Bonchev–Trinajstić information content (AvgIpc) is 2.42. The molecule has 3 N–H and O–H groups in total. The summed E-state index contributed by atoms with van der Waals surface area (Å²) >= 11 is 0. The number of anilines is 2. The van der Waals surface area contributed by atoms with Crippen molar-refractivity contribution in [1.82, 2.24) is 4.90 Å². The highest BCUT2D eigenvalue weighted by Gasteiger charge is 2.15. The molecule has 104 valence electrons. The molecule has 1 aliphatic heterocycles. The summed E-state index contributed by atoms with van der Waals surface area (Å²) in [6.45, 7) is 2.26. The first-order valence-corrected chi connectivity index (χ1v) is 6.73. The number of amides is 1. The molecule has 2 rings (SSSR count). The van der Waals surface area contributed by atoms with Crippen LogP contribution in [-0.4, -0.2) is 30.4 Å². The van der Waals surface area contributed by atoms with Crippen LogP contribution in [0.3, 0.4) is 0 Å². The number of rotatable bonds is 4. The fraction of sp³-hybridized carbons (Fsp3) is 0.500. The maximum atomic E-state index is 12.9. The van der Waals surface area contributed by atoms with E-state index in [2.05, 4.69) is 5.32 Å². The lowest BCUT2D eigenvalue weighted by molar-refractivity contribution is -0.131. The van der Waals surface area contributed by atoms with E-state index in [-0.39, 0.29) is 11.7 Å². The van der Waals surface area contributed by atoms with Gasteiger partial charge < -0.3 is 16.0 Å². The van der Waals surface area contributed by atoms with Crippen LogP contribution < -0.4 is 11.1 Å². The van der Waals surface area contributed by atoms with Crippen molar-refractivity contribution in [3.8, 4) is 0 Å². The van der Waals surface area contributed by atoms with Crippen molar-refractivity contribution in [2.75, 3.05) is 30.7 Å². The van der Waals surface area contributed by atoms with Crippen LogP contribution in [0.2, 0.25) is 0 Å². The molecule has 1 amide bonds. The molecule has 5 heteroatoms. The minimum atomic E-state index is -0.354. The predicted molar refractivity (Wildman–Crippen MR) is 74.4 cm³/mol. The zero-order valence-corrected chi connectivity index (χ0v) is 11.0. The molecule has 1 aromatic carbocycles. The van der Waals surface area contributed by atoms with Crippen molar-refractivity contribution in [3.63, 3.8) is 0 Å². The summed E-state index contributed by atoms with van der Waals surface area (Å²) in [5.74, 6) is -0.180. The summed E-state index contributed by atoms with van der Waals surface area (Å²) < 4.78 is 12.9. The molecule has 0 aliphatic carbocycles. The lowest BCUT2D eigenvalue weighted by Crippen LogP contribution is -2.36. The van der Waals surface area contributed by atoms with Gasteiger partial charge in [-0.3, -0.25) is 4.79 Å². The van der Waals surface area contributed by atoms with Crippen molar-refractivity contribution in [3.05, 3.63) is 24.0 Å². The van der Waals surface area contributed by atoms with Gasteiger partial charge in [0, 0.05) is 26.1 Å². The van der Waals surface area contributed by atoms with Crippen LogP contribution in [-0.2, 0) is 4.79 Å². The molecule has 0 spiro atoms. The van der Waals surface area contributed by atoms with E-state index in [1.54, 1.807) is 6.07 Å². The van der Waals surface area contributed by atoms with Crippen molar-refractivity contribution in [1.29, 1.82) is 0 Å². The zero-order valence-electron chi connectivity index (χ0n) is 11.0. The van der Waals surface area contributed by atoms with E-state index < -0.39 is 0 Å². The third kappa shape index (κ3) is 3.84. The van der Waals surface area contributed by atoms with E-state index in [0.717, 1.165) is 25.9 Å². The first-order chi connectivity index (χ1) is 9.16. The van der Waals surface area contributed by atoms with Gasteiger partial charge in [0.2, 0.25) is 5.91 Å². The number of likely N-dealkylation sites (tertiary alicyclic amines) is 1. The van der Waals surface area contributed by atoms with Crippen molar-refractivity contribution >= 4 is 17.3 Å². The lowest BCUT2D eigenvalue weighted by Gasteiger charge is -2.26. The number of nitrogen functional groups attached to an aromatic ring is 1. The molecule has 0 aromatic heterocycles. The molecule has 0 unspecified atom stereocenters. The van der Waals surface area contributed by atoms with E-state index in [9.17, 15) is 9.18 Å². The topological polar surface area (TPSA) is 58.4 Å². The highest BCUT2D eigenvalue weighted by Crippen LogP contribution is 2.19. The van der Waals surface area contributed by atoms with Gasteiger partial charge in [0.05, 0.1) is 11.4 Å². The van der Waals surface area contributed by atoms with Crippen LogP contribution in [0.25, 0.3) is 0 Å². The maximum absolute atomic E-state index is 12.9. The van der Waals surface area contributed by atoms with Gasteiger partial charge in [-0.1, -0.05) is 0 Å². The van der Waals surface area contributed by atoms with E-state index in [4.69, 9.17) is 5.73 Å². The van der Waals surface area contributed by atoms with Gasteiger partial charge in [-0.15, -0.1) is 0 Å². The second kappa shape index (κ2) is 6.41. The Balaban J connectivity index is 1.78. The maximum Gasteiger partial charge on any atom is 0.224 e. The number of carbonyl (C=O) groups is 1. The Morgan fingerprint density at radius 3 is 2.74 bits per heavy atom. The third-order valence-corrected chi connectivity index (χ3v) is 3.38. The molecule has 4 nitrogen and oxygen atoms in total.